The number of carbonyl (C=O) groups is 1. The average molecular weight is 299 g/mol. The van der Waals surface area contributed by atoms with Crippen molar-refractivity contribution < 1.29 is 14.3 Å². The molecule has 112 valence electrons. The Kier molecular flexibility index (Phi) is 2.75. The van der Waals surface area contributed by atoms with E-state index in [0.717, 1.165) is 42.1 Å². The maximum atomic E-state index is 12.4. The van der Waals surface area contributed by atoms with Gasteiger partial charge < -0.3 is 14.4 Å². The average Bonchev–Trinajstić information content (AvgIpc) is 3.24. The van der Waals surface area contributed by atoms with Crippen LogP contribution in [0.25, 0.3) is 0 Å². The number of amides is 1. The van der Waals surface area contributed by atoms with Gasteiger partial charge in [0.25, 0.3) is 5.91 Å². The van der Waals surface area contributed by atoms with Crippen molar-refractivity contribution in [2.75, 3.05) is 0 Å². The standard InChI is InChI=1S/C15H13N3O4/c19-10-3-12(22-13(20)4-10)15(21)18-6-9-5-16-14(8-1-2-8)17-11(9)7-18/h3-5,8,19H,1-2,6-7H2. The molecule has 3 heterocycles. The lowest BCUT2D eigenvalue weighted by molar-refractivity contribution is 0.0712. The highest BCUT2D eigenvalue weighted by Crippen LogP contribution is 2.38. The van der Waals surface area contributed by atoms with Crippen LogP contribution in [-0.4, -0.2) is 25.9 Å². The molecule has 0 aromatic carbocycles. The van der Waals surface area contributed by atoms with Gasteiger partial charge in [-0.05, 0) is 12.8 Å². The second kappa shape index (κ2) is 4.66. The maximum absolute atomic E-state index is 12.4. The van der Waals surface area contributed by atoms with E-state index in [-0.39, 0.29) is 11.5 Å². The number of fused-ring (bicyclic) bond motifs is 1. The Morgan fingerprint density at radius 2 is 2.14 bits per heavy atom. The Morgan fingerprint density at radius 1 is 1.32 bits per heavy atom. The summed E-state index contributed by atoms with van der Waals surface area (Å²) in [7, 11) is 0. The van der Waals surface area contributed by atoms with Gasteiger partial charge in [-0.3, -0.25) is 4.79 Å². The SMILES string of the molecule is O=C(c1cc(O)cc(=O)o1)N1Cc2cnc(C3CC3)nc2C1. The summed E-state index contributed by atoms with van der Waals surface area (Å²) in [6.45, 7) is 0.730. The molecule has 0 saturated heterocycles. The third kappa shape index (κ3) is 2.24. The summed E-state index contributed by atoms with van der Waals surface area (Å²) in [5, 5.41) is 9.41. The predicted octanol–water partition coefficient (Wildman–Crippen LogP) is 1.17. The molecule has 2 aromatic heterocycles. The molecule has 7 nitrogen and oxygen atoms in total. The lowest BCUT2D eigenvalue weighted by atomic mass is 10.2. The fourth-order valence-corrected chi connectivity index (χ4v) is 2.58. The quantitative estimate of drug-likeness (QED) is 0.894. The number of hydrogen-bond acceptors (Lipinski definition) is 6. The monoisotopic (exact) mass is 299 g/mol. The highest BCUT2D eigenvalue weighted by atomic mass is 16.4. The Bertz CT molecular complexity index is 826. The Hall–Kier alpha value is -2.70. The largest absolute Gasteiger partial charge is 0.508 e. The molecule has 0 spiro atoms. The van der Waals surface area contributed by atoms with Gasteiger partial charge >= 0.3 is 5.63 Å². The molecule has 1 aliphatic carbocycles. The fourth-order valence-electron chi connectivity index (χ4n) is 2.58. The summed E-state index contributed by atoms with van der Waals surface area (Å²) >= 11 is 0. The molecule has 1 N–H and O–H groups in total. The number of hydrogen-bond donors (Lipinski definition) is 1. The van der Waals surface area contributed by atoms with Gasteiger partial charge in [-0.2, -0.15) is 0 Å². The molecule has 0 atom stereocenters. The second-order valence-electron chi connectivity index (χ2n) is 5.63. The topological polar surface area (TPSA) is 96.5 Å². The van der Waals surface area contributed by atoms with Crippen molar-refractivity contribution in [1.29, 1.82) is 0 Å². The summed E-state index contributed by atoms with van der Waals surface area (Å²) in [6.07, 6.45) is 4.01. The molecule has 1 fully saturated rings. The van der Waals surface area contributed by atoms with Crippen molar-refractivity contribution in [2.45, 2.75) is 31.8 Å². The van der Waals surface area contributed by atoms with Gasteiger partial charge in [0.05, 0.1) is 18.3 Å². The van der Waals surface area contributed by atoms with Crippen LogP contribution in [0.1, 0.15) is 46.4 Å². The molecule has 7 heteroatoms. The minimum atomic E-state index is -0.754. The van der Waals surface area contributed by atoms with E-state index in [0.29, 0.717) is 19.0 Å². The van der Waals surface area contributed by atoms with Gasteiger partial charge in [-0.15, -0.1) is 0 Å². The van der Waals surface area contributed by atoms with Crippen LogP contribution in [0, 0.1) is 0 Å². The highest BCUT2D eigenvalue weighted by Gasteiger charge is 2.31. The maximum Gasteiger partial charge on any atom is 0.340 e. The van der Waals surface area contributed by atoms with Crippen molar-refractivity contribution in [3.8, 4) is 5.75 Å². The van der Waals surface area contributed by atoms with Crippen LogP contribution >= 0.6 is 0 Å². The molecule has 0 unspecified atom stereocenters. The van der Waals surface area contributed by atoms with Gasteiger partial charge in [-0.1, -0.05) is 0 Å². The zero-order valence-corrected chi connectivity index (χ0v) is 11.7. The molecule has 2 aliphatic rings. The lowest BCUT2D eigenvalue weighted by Crippen LogP contribution is -2.26. The number of nitrogens with zero attached hydrogens (tertiary/aromatic N) is 3. The Morgan fingerprint density at radius 3 is 2.86 bits per heavy atom. The molecular weight excluding hydrogens is 286 g/mol. The first kappa shape index (κ1) is 13.0. The zero-order chi connectivity index (χ0) is 15.3. The molecule has 1 aliphatic heterocycles. The third-order valence-corrected chi connectivity index (χ3v) is 3.87. The summed E-state index contributed by atoms with van der Waals surface area (Å²) in [6, 6.07) is 2.07. The Balaban J connectivity index is 1.59. The number of rotatable bonds is 2. The molecule has 1 saturated carbocycles. The van der Waals surface area contributed by atoms with Crippen LogP contribution in [0.2, 0.25) is 0 Å². The van der Waals surface area contributed by atoms with Crippen molar-refractivity contribution in [3.63, 3.8) is 0 Å². The second-order valence-corrected chi connectivity index (χ2v) is 5.63. The highest BCUT2D eigenvalue weighted by molar-refractivity contribution is 5.92. The molecule has 2 aromatic rings. The van der Waals surface area contributed by atoms with Crippen LogP contribution in [0.4, 0.5) is 0 Å². The van der Waals surface area contributed by atoms with Crippen LogP contribution in [0.5, 0.6) is 5.75 Å². The van der Waals surface area contributed by atoms with E-state index in [1.807, 2.05) is 0 Å². The first-order chi connectivity index (χ1) is 10.6. The van der Waals surface area contributed by atoms with E-state index in [4.69, 9.17) is 4.42 Å². The molecular formula is C15H13N3O4. The minimum absolute atomic E-state index is 0.173. The van der Waals surface area contributed by atoms with Crippen molar-refractivity contribution in [3.05, 3.63) is 51.6 Å². The summed E-state index contributed by atoms with van der Waals surface area (Å²) in [5.41, 5.74) is 0.990. The van der Waals surface area contributed by atoms with Gasteiger partial charge in [0.2, 0.25) is 0 Å². The minimum Gasteiger partial charge on any atom is -0.508 e. The summed E-state index contributed by atoms with van der Waals surface area (Å²) in [4.78, 5) is 34.0. The number of aromatic nitrogens is 2. The number of aromatic hydroxyl groups is 1. The van der Waals surface area contributed by atoms with Gasteiger partial charge in [-0.25, -0.2) is 14.8 Å². The van der Waals surface area contributed by atoms with Crippen LogP contribution in [0.15, 0.2) is 27.5 Å². The van der Waals surface area contributed by atoms with Crippen molar-refractivity contribution in [1.82, 2.24) is 14.9 Å². The van der Waals surface area contributed by atoms with Crippen molar-refractivity contribution in [2.24, 2.45) is 0 Å². The van der Waals surface area contributed by atoms with Crippen LogP contribution < -0.4 is 5.63 Å². The lowest BCUT2D eigenvalue weighted by Gasteiger charge is -2.13. The zero-order valence-electron chi connectivity index (χ0n) is 11.7. The third-order valence-electron chi connectivity index (χ3n) is 3.87. The van der Waals surface area contributed by atoms with E-state index in [1.165, 1.54) is 4.90 Å². The summed E-state index contributed by atoms with van der Waals surface area (Å²) < 4.78 is 4.86. The molecule has 0 bridgehead atoms. The van der Waals surface area contributed by atoms with Gasteiger partial charge in [0.1, 0.15) is 11.6 Å². The fraction of sp³-hybridized carbons (Fsp3) is 0.333. The smallest absolute Gasteiger partial charge is 0.340 e. The first-order valence-electron chi connectivity index (χ1n) is 7.08. The van der Waals surface area contributed by atoms with E-state index >= 15 is 0 Å². The molecule has 22 heavy (non-hydrogen) atoms. The van der Waals surface area contributed by atoms with E-state index in [1.54, 1.807) is 6.20 Å². The van der Waals surface area contributed by atoms with Crippen LogP contribution in [-0.2, 0) is 13.1 Å². The van der Waals surface area contributed by atoms with E-state index < -0.39 is 11.5 Å². The van der Waals surface area contributed by atoms with Gasteiger partial charge in [0.15, 0.2) is 5.76 Å². The predicted molar refractivity (Wildman–Crippen MR) is 74.2 cm³/mol. The first-order valence-corrected chi connectivity index (χ1v) is 7.08. The van der Waals surface area contributed by atoms with Gasteiger partial charge in [0, 0.05) is 30.3 Å². The normalized spacial score (nSPS) is 16.6. The molecule has 1 amide bonds. The molecule has 0 radical (unpaired) electrons. The van der Waals surface area contributed by atoms with E-state index in [9.17, 15) is 14.7 Å². The number of carbonyl (C=O) groups excluding carboxylic acids is 1. The Labute approximate surface area is 125 Å². The summed E-state index contributed by atoms with van der Waals surface area (Å²) in [5.74, 6) is 0.398. The molecule has 4 rings (SSSR count). The van der Waals surface area contributed by atoms with Crippen LogP contribution in [0.3, 0.4) is 0 Å². The van der Waals surface area contributed by atoms with Crippen molar-refractivity contribution >= 4 is 5.91 Å². The van der Waals surface area contributed by atoms with E-state index in [2.05, 4.69) is 9.97 Å².